The Morgan fingerprint density at radius 2 is 1.86 bits per heavy atom. The quantitative estimate of drug-likeness (QED) is 0.265. The third-order valence-electron chi connectivity index (χ3n) is 3.70. The average molecular weight is 311 g/mol. The molecular weight excluding hydrogens is 286 g/mol. The third kappa shape index (κ3) is 3.74. The Labute approximate surface area is 131 Å². The highest BCUT2D eigenvalue weighted by Gasteiger charge is 2.50. The van der Waals surface area contributed by atoms with E-state index in [0.717, 1.165) is 0 Å². The standard InChI is InChI=1S/C16H25NO5/c1-6-10(17-22-8-3)12-11(18)9-16(4,5)13(14(12)19)15(20)21-7-2/h13,17H,6-9H2,1-5H3. The van der Waals surface area contributed by atoms with E-state index in [1.165, 1.54) is 0 Å². The van der Waals surface area contributed by atoms with Crippen LogP contribution in [0, 0.1) is 11.3 Å². The van der Waals surface area contributed by atoms with Crippen molar-refractivity contribution in [1.29, 1.82) is 0 Å². The van der Waals surface area contributed by atoms with Gasteiger partial charge in [-0.05, 0) is 25.7 Å². The predicted octanol–water partition coefficient (Wildman–Crippen LogP) is 1.94. The van der Waals surface area contributed by atoms with Crippen LogP contribution >= 0.6 is 0 Å². The van der Waals surface area contributed by atoms with Gasteiger partial charge in [0, 0.05) is 6.42 Å². The molecule has 0 aromatic heterocycles. The fourth-order valence-corrected chi connectivity index (χ4v) is 2.67. The van der Waals surface area contributed by atoms with Gasteiger partial charge in [0.25, 0.3) is 0 Å². The van der Waals surface area contributed by atoms with Gasteiger partial charge in [-0.25, -0.2) is 0 Å². The molecule has 0 heterocycles. The monoisotopic (exact) mass is 311 g/mol. The van der Waals surface area contributed by atoms with Crippen molar-refractivity contribution in [2.75, 3.05) is 13.2 Å². The van der Waals surface area contributed by atoms with Gasteiger partial charge in [0.05, 0.1) is 24.5 Å². The number of carbonyl (C=O) groups is 3. The van der Waals surface area contributed by atoms with Crippen LogP contribution in [0.25, 0.3) is 0 Å². The molecular formula is C16H25NO5. The summed E-state index contributed by atoms with van der Waals surface area (Å²) in [6, 6.07) is 0. The van der Waals surface area contributed by atoms with Crippen LogP contribution in [0.5, 0.6) is 0 Å². The zero-order chi connectivity index (χ0) is 16.9. The first-order valence-electron chi connectivity index (χ1n) is 7.65. The van der Waals surface area contributed by atoms with E-state index in [4.69, 9.17) is 9.57 Å². The van der Waals surface area contributed by atoms with E-state index >= 15 is 0 Å². The minimum absolute atomic E-state index is 0.0355. The van der Waals surface area contributed by atoms with Gasteiger partial charge in [-0.1, -0.05) is 20.8 Å². The molecule has 1 aliphatic rings. The molecule has 1 unspecified atom stereocenters. The Morgan fingerprint density at radius 1 is 1.23 bits per heavy atom. The van der Waals surface area contributed by atoms with Crippen molar-refractivity contribution in [2.24, 2.45) is 11.3 Å². The number of nitrogens with one attached hydrogen (secondary N) is 1. The van der Waals surface area contributed by atoms with Crippen molar-refractivity contribution in [3.8, 4) is 0 Å². The van der Waals surface area contributed by atoms with E-state index in [2.05, 4.69) is 5.48 Å². The molecule has 0 radical (unpaired) electrons. The van der Waals surface area contributed by atoms with Gasteiger partial charge in [0.15, 0.2) is 11.6 Å². The highest BCUT2D eigenvalue weighted by molar-refractivity contribution is 6.27. The number of esters is 1. The van der Waals surface area contributed by atoms with Crippen molar-refractivity contribution in [2.45, 2.75) is 47.5 Å². The molecule has 6 heteroatoms. The molecule has 1 N–H and O–H groups in total. The van der Waals surface area contributed by atoms with Gasteiger partial charge in [0.2, 0.25) is 0 Å². The summed E-state index contributed by atoms with van der Waals surface area (Å²) in [5, 5.41) is 0. The molecule has 0 spiro atoms. The number of hydrogen-bond donors (Lipinski definition) is 1. The van der Waals surface area contributed by atoms with Crippen molar-refractivity contribution in [3.05, 3.63) is 11.3 Å². The summed E-state index contributed by atoms with van der Waals surface area (Å²) in [5.74, 6) is -2.29. The van der Waals surface area contributed by atoms with Crippen LogP contribution in [0.4, 0.5) is 0 Å². The second kappa shape index (κ2) is 7.54. The molecule has 0 amide bonds. The lowest BCUT2D eigenvalue weighted by Crippen LogP contribution is -2.47. The summed E-state index contributed by atoms with van der Waals surface area (Å²) in [7, 11) is 0. The normalized spacial score (nSPS) is 23.2. The van der Waals surface area contributed by atoms with E-state index < -0.39 is 23.1 Å². The molecule has 0 aromatic carbocycles. The van der Waals surface area contributed by atoms with Crippen LogP contribution in [0.15, 0.2) is 11.3 Å². The van der Waals surface area contributed by atoms with Gasteiger partial charge in [-0.15, -0.1) is 0 Å². The van der Waals surface area contributed by atoms with Crippen molar-refractivity contribution in [3.63, 3.8) is 0 Å². The maximum atomic E-state index is 12.8. The molecule has 1 atom stereocenters. The summed E-state index contributed by atoms with van der Waals surface area (Å²) in [6.45, 7) is 9.36. The molecule has 6 nitrogen and oxygen atoms in total. The van der Waals surface area contributed by atoms with Crippen LogP contribution in [0.3, 0.4) is 0 Å². The second-order valence-electron chi connectivity index (χ2n) is 5.88. The Morgan fingerprint density at radius 3 is 2.36 bits per heavy atom. The van der Waals surface area contributed by atoms with E-state index in [1.54, 1.807) is 27.7 Å². The Bertz CT molecular complexity index is 493. The first-order valence-corrected chi connectivity index (χ1v) is 7.65. The molecule has 0 saturated heterocycles. The van der Waals surface area contributed by atoms with Gasteiger partial charge in [-0.3, -0.25) is 24.7 Å². The topological polar surface area (TPSA) is 81.7 Å². The van der Waals surface area contributed by atoms with Crippen molar-refractivity contribution < 1.29 is 24.0 Å². The van der Waals surface area contributed by atoms with Crippen LogP contribution in [-0.2, 0) is 24.0 Å². The van der Waals surface area contributed by atoms with E-state index in [-0.39, 0.29) is 24.4 Å². The van der Waals surface area contributed by atoms with E-state index in [9.17, 15) is 14.4 Å². The third-order valence-corrected chi connectivity index (χ3v) is 3.70. The molecule has 124 valence electrons. The molecule has 1 saturated carbocycles. The molecule has 1 fully saturated rings. The Kier molecular flexibility index (Phi) is 6.29. The van der Waals surface area contributed by atoms with Gasteiger partial charge < -0.3 is 4.74 Å². The molecule has 0 bridgehead atoms. The minimum Gasteiger partial charge on any atom is -0.465 e. The fourth-order valence-electron chi connectivity index (χ4n) is 2.67. The molecule has 1 aliphatic carbocycles. The van der Waals surface area contributed by atoms with E-state index in [1.807, 2.05) is 6.92 Å². The predicted molar refractivity (Wildman–Crippen MR) is 80.6 cm³/mol. The van der Waals surface area contributed by atoms with E-state index in [0.29, 0.717) is 18.7 Å². The fraction of sp³-hybridized carbons (Fsp3) is 0.688. The summed E-state index contributed by atoms with van der Waals surface area (Å²) in [4.78, 5) is 42.4. The van der Waals surface area contributed by atoms with Crippen molar-refractivity contribution in [1.82, 2.24) is 5.48 Å². The minimum atomic E-state index is -0.967. The highest BCUT2D eigenvalue weighted by Crippen LogP contribution is 2.40. The number of ketones is 2. The number of allylic oxidation sites excluding steroid dienone is 2. The Hall–Kier alpha value is -1.69. The first-order chi connectivity index (χ1) is 10.3. The summed E-state index contributed by atoms with van der Waals surface area (Å²) in [5.41, 5.74) is 2.35. The molecule has 0 aliphatic heterocycles. The lowest BCUT2D eigenvalue weighted by atomic mass is 9.65. The lowest BCUT2D eigenvalue weighted by Gasteiger charge is -2.36. The highest BCUT2D eigenvalue weighted by atomic mass is 16.6. The molecule has 0 aromatic rings. The number of hydroxylamine groups is 1. The Balaban J connectivity index is 3.25. The van der Waals surface area contributed by atoms with Crippen LogP contribution in [0.1, 0.15) is 47.5 Å². The second-order valence-corrected chi connectivity index (χ2v) is 5.88. The zero-order valence-corrected chi connectivity index (χ0v) is 13.9. The van der Waals surface area contributed by atoms with Crippen molar-refractivity contribution >= 4 is 17.5 Å². The number of rotatable bonds is 6. The van der Waals surface area contributed by atoms with Crippen LogP contribution in [0.2, 0.25) is 0 Å². The first kappa shape index (κ1) is 18.4. The largest absolute Gasteiger partial charge is 0.465 e. The summed E-state index contributed by atoms with van der Waals surface area (Å²) >= 11 is 0. The molecule has 22 heavy (non-hydrogen) atoms. The number of Topliss-reactive ketones (excluding diaryl/α,β-unsaturated/α-hetero) is 2. The maximum absolute atomic E-state index is 12.8. The number of ether oxygens (including phenoxy) is 1. The number of carbonyl (C=O) groups excluding carboxylic acids is 3. The maximum Gasteiger partial charge on any atom is 0.317 e. The number of hydrogen-bond acceptors (Lipinski definition) is 6. The van der Waals surface area contributed by atoms with Gasteiger partial charge in [0.1, 0.15) is 5.92 Å². The smallest absolute Gasteiger partial charge is 0.317 e. The average Bonchev–Trinajstić information content (AvgIpc) is 2.41. The zero-order valence-electron chi connectivity index (χ0n) is 13.9. The lowest BCUT2D eigenvalue weighted by molar-refractivity contribution is -0.157. The van der Waals surface area contributed by atoms with Crippen LogP contribution in [-0.4, -0.2) is 30.7 Å². The SMILES string of the molecule is CCONC(CC)=C1C(=O)CC(C)(C)C(C(=O)OCC)C1=O. The summed E-state index contributed by atoms with van der Waals surface area (Å²) < 4.78 is 5.02. The van der Waals surface area contributed by atoms with Gasteiger partial charge in [-0.2, -0.15) is 0 Å². The van der Waals surface area contributed by atoms with Gasteiger partial charge >= 0.3 is 5.97 Å². The molecule has 1 rings (SSSR count). The van der Waals surface area contributed by atoms with Crippen LogP contribution < -0.4 is 5.48 Å². The summed E-state index contributed by atoms with van der Waals surface area (Å²) in [6.07, 6.45) is 0.553.